The second-order valence-corrected chi connectivity index (χ2v) is 2.93. The van der Waals surface area contributed by atoms with E-state index in [0.29, 0.717) is 5.92 Å². The minimum atomic E-state index is 0.462. The smallest absolute Gasteiger partial charge is 0.235 e. The first-order valence-electron chi connectivity index (χ1n) is 3.75. The highest BCUT2D eigenvalue weighted by Gasteiger charge is 2.13. The summed E-state index contributed by atoms with van der Waals surface area (Å²) in [6.45, 7) is 6.26. The lowest BCUT2D eigenvalue weighted by molar-refractivity contribution is 0.390. The molecular weight excluding hydrogens is 140 g/mol. The van der Waals surface area contributed by atoms with Crippen LogP contribution < -0.4 is 4.74 Å². The number of H-pyrrole nitrogens is 1. The molecule has 1 aromatic rings. The molecule has 0 atom stereocenters. The molecule has 0 aliphatic carbocycles. The molecule has 0 spiro atoms. The van der Waals surface area contributed by atoms with Crippen molar-refractivity contribution in [2.75, 3.05) is 7.11 Å². The summed E-state index contributed by atoms with van der Waals surface area (Å²) in [6, 6.07) is 0. The number of ether oxygens (including phenoxy) is 1. The van der Waals surface area contributed by atoms with E-state index in [1.807, 2.05) is 6.92 Å². The van der Waals surface area contributed by atoms with Gasteiger partial charge in [-0.3, -0.25) is 5.10 Å². The Hall–Kier alpha value is -0.990. The highest BCUT2D eigenvalue weighted by atomic mass is 16.5. The summed E-state index contributed by atoms with van der Waals surface area (Å²) in [4.78, 5) is 0. The Morgan fingerprint density at radius 2 is 2.09 bits per heavy atom. The minimum Gasteiger partial charge on any atom is -0.480 e. The standard InChI is InChI=1S/C8H14N2O/c1-5(2)7-6(3)9-10-8(7)11-4/h5H,1-4H3,(H,9,10). The van der Waals surface area contributed by atoms with Crippen LogP contribution in [0.2, 0.25) is 0 Å². The van der Waals surface area contributed by atoms with Crippen molar-refractivity contribution in [1.82, 2.24) is 10.2 Å². The molecule has 1 heterocycles. The van der Waals surface area contributed by atoms with Crippen LogP contribution in [0.1, 0.15) is 31.0 Å². The normalized spacial score (nSPS) is 10.6. The zero-order chi connectivity index (χ0) is 8.43. The molecule has 3 heteroatoms. The summed E-state index contributed by atoms with van der Waals surface area (Å²) in [5.41, 5.74) is 2.27. The van der Waals surface area contributed by atoms with Crippen LogP contribution in [0.5, 0.6) is 5.88 Å². The SMILES string of the molecule is COc1n[nH]c(C)c1C(C)C. The first-order chi connectivity index (χ1) is 5.16. The Morgan fingerprint density at radius 3 is 2.45 bits per heavy atom. The van der Waals surface area contributed by atoms with E-state index in [0.717, 1.165) is 11.6 Å². The maximum Gasteiger partial charge on any atom is 0.235 e. The van der Waals surface area contributed by atoms with Crippen molar-refractivity contribution >= 4 is 0 Å². The molecular formula is C8H14N2O. The molecule has 0 fully saturated rings. The third-order valence-electron chi connectivity index (χ3n) is 1.73. The number of hydrogen-bond donors (Lipinski definition) is 1. The molecule has 0 aromatic carbocycles. The van der Waals surface area contributed by atoms with Gasteiger partial charge in [0.2, 0.25) is 5.88 Å². The number of hydrogen-bond acceptors (Lipinski definition) is 2. The van der Waals surface area contributed by atoms with E-state index in [2.05, 4.69) is 24.0 Å². The minimum absolute atomic E-state index is 0.462. The lowest BCUT2D eigenvalue weighted by Crippen LogP contribution is -1.92. The van der Waals surface area contributed by atoms with Crippen molar-refractivity contribution in [1.29, 1.82) is 0 Å². The second kappa shape index (κ2) is 2.95. The fourth-order valence-electron chi connectivity index (χ4n) is 1.25. The predicted molar refractivity (Wildman–Crippen MR) is 44.0 cm³/mol. The van der Waals surface area contributed by atoms with Crippen molar-refractivity contribution in [3.63, 3.8) is 0 Å². The van der Waals surface area contributed by atoms with E-state index in [9.17, 15) is 0 Å². The molecule has 1 aromatic heterocycles. The van der Waals surface area contributed by atoms with E-state index < -0.39 is 0 Å². The fourth-order valence-corrected chi connectivity index (χ4v) is 1.25. The molecule has 0 aliphatic heterocycles. The molecule has 0 saturated carbocycles. The van der Waals surface area contributed by atoms with Gasteiger partial charge in [0.25, 0.3) is 0 Å². The van der Waals surface area contributed by atoms with Crippen LogP contribution in [0.4, 0.5) is 0 Å². The Kier molecular flexibility index (Phi) is 2.17. The van der Waals surface area contributed by atoms with Gasteiger partial charge < -0.3 is 4.74 Å². The summed E-state index contributed by atoms with van der Waals surface area (Å²) < 4.78 is 5.09. The molecule has 0 radical (unpaired) electrons. The van der Waals surface area contributed by atoms with Crippen molar-refractivity contribution in [2.24, 2.45) is 0 Å². The van der Waals surface area contributed by atoms with Crippen LogP contribution in [-0.4, -0.2) is 17.3 Å². The summed E-state index contributed by atoms with van der Waals surface area (Å²) in [7, 11) is 1.64. The quantitative estimate of drug-likeness (QED) is 0.706. The number of nitrogens with one attached hydrogen (secondary N) is 1. The Labute approximate surface area is 66.8 Å². The lowest BCUT2D eigenvalue weighted by atomic mass is 10.0. The van der Waals surface area contributed by atoms with Gasteiger partial charge in [-0.05, 0) is 12.8 Å². The van der Waals surface area contributed by atoms with Gasteiger partial charge in [0.1, 0.15) is 0 Å². The average Bonchev–Trinajstić information content (AvgIpc) is 2.30. The first kappa shape index (κ1) is 8.11. The molecule has 62 valence electrons. The van der Waals surface area contributed by atoms with Gasteiger partial charge in [0, 0.05) is 11.3 Å². The fraction of sp³-hybridized carbons (Fsp3) is 0.625. The summed E-state index contributed by atoms with van der Waals surface area (Å²) >= 11 is 0. The second-order valence-electron chi connectivity index (χ2n) is 2.93. The lowest BCUT2D eigenvalue weighted by Gasteiger charge is -2.04. The van der Waals surface area contributed by atoms with Gasteiger partial charge in [-0.15, -0.1) is 5.10 Å². The zero-order valence-electron chi connectivity index (χ0n) is 7.43. The highest BCUT2D eigenvalue weighted by molar-refractivity contribution is 5.32. The van der Waals surface area contributed by atoms with E-state index in [1.54, 1.807) is 7.11 Å². The van der Waals surface area contributed by atoms with Gasteiger partial charge in [0.05, 0.1) is 7.11 Å². The number of nitrogens with zero attached hydrogens (tertiary/aromatic N) is 1. The van der Waals surface area contributed by atoms with Crippen LogP contribution in [0.3, 0.4) is 0 Å². The Bertz CT molecular complexity index is 240. The molecule has 11 heavy (non-hydrogen) atoms. The number of aromatic nitrogens is 2. The average molecular weight is 154 g/mol. The topological polar surface area (TPSA) is 37.9 Å². The van der Waals surface area contributed by atoms with E-state index in [-0.39, 0.29) is 0 Å². The van der Waals surface area contributed by atoms with Crippen molar-refractivity contribution in [2.45, 2.75) is 26.7 Å². The zero-order valence-corrected chi connectivity index (χ0v) is 7.43. The number of aryl methyl sites for hydroxylation is 1. The van der Waals surface area contributed by atoms with Crippen LogP contribution in [0, 0.1) is 6.92 Å². The maximum absolute atomic E-state index is 5.09. The summed E-state index contributed by atoms with van der Waals surface area (Å²) in [5.74, 6) is 1.18. The molecule has 3 nitrogen and oxygen atoms in total. The van der Waals surface area contributed by atoms with E-state index in [4.69, 9.17) is 4.74 Å². The van der Waals surface area contributed by atoms with Gasteiger partial charge in [-0.1, -0.05) is 13.8 Å². The van der Waals surface area contributed by atoms with Gasteiger partial charge in [-0.25, -0.2) is 0 Å². The maximum atomic E-state index is 5.09. The summed E-state index contributed by atoms with van der Waals surface area (Å²) in [6.07, 6.45) is 0. The van der Waals surface area contributed by atoms with Crippen molar-refractivity contribution < 1.29 is 4.74 Å². The highest BCUT2D eigenvalue weighted by Crippen LogP contribution is 2.26. The number of aromatic amines is 1. The van der Waals surface area contributed by atoms with Crippen LogP contribution in [-0.2, 0) is 0 Å². The Balaban J connectivity index is 3.07. The van der Waals surface area contributed by atoms with E-state index >= 15 is 0 Å². The summed E-state index contributed by atoms with van der Waals surface area (Å²) in [5, 5.41) is 6.90. The first-order valence-corrected chi connectivity index (χ1v) is 3.75. The van der Waals surface area contributed by atoms with Crippen molar-refractivity contribution in [3.05, 3.63) is 11.3 Å². The molecule has 1 rings (SSSR count). The number of methoxy groups -OCH3 is 1. The molecule has 0 unspecified atom stereocenters. The molecule has 1 N–H and O–H groups in total. The van der Waals surface area contributed by atoms with Crippen LogP contribution in [0.25, 0.3) is 0 Å². The number of rotatable bonds is 2. The Morgan fingerprint density at radius 1 is 1.45 bits per heavy atom. The molecule has 0 bridgehead atoms. The molecule has 0 aliphatic rings. The van der Waals surface area contributed by atoms with Gasteiger partial charge in [-0.2, -0.15) is 0 Å². The molecule has 0 saturated heterocycles. The van der Waals surface area contributed by atoms with Gasteiger partial charge in [0.15, 0.2) is 0 Å². The molecule has 0 amide bonds. The van der Waals surface area contributed by atoms with Crippen LogP contribution >= 0.6 is 0 Å². The monoisotopic (exact) mass is 154 g/mol. The predicted octanol–water partition coefficient (Wildman–Crippen LogP) is 1.85. The van der Waals surface area contributed by atoms with Crippen molar-refractivity contribution in [3.8, 4) is 5.88 Å². The van der Waals surface area contributed by atoms with Gasteiger partial charge >= 0.3 is 0 Å². The van der Waals surface area contributed by atoms with Crippen LogP contribution in [0.15, 0.2) is 0 Å². The third kappa shape index (κ3) is 1.37. The van der Waals surface area contributed by atoms with E-state index in [1.165, 1.54) is 5.56 Å². The largest absolute Gasteiger partial charge is 0.480 e. The third-order valence-corrected chi connectivity index (χ3v) is 1.73.